The van der Waals surface area contributed by atoms with Crippen molar-refractivity contribution >= 4 is 17.9 Å². The number of hydrogen-bond donors (Lipinski definition) is 1. The Bertz CT molecular complexity index is 1020. The summed E-state index contributed by atoms with van der Waals surface area (Å²) in [4.78, 5) is 24.4. The smallest absolute Gasteiger partial charge is 0.339 e. The number of hydrogen-bond acceptors (Lipinski definition) is 6. The van der Waals surface area contributed by atoms with Gasteiger partial charge in [-0.05, 0) is 93.0 Å². The summed E-state index contributed by atoms with van der Waals surface area (Å²) >= 11 is 0. The third-order valence-corrected chi connectivity index (χ3v) is 5.80. The van der Waals surface area contributed by atoms with E-state index in [9.17, 15) is 9.59 Å². The molecule has 2 aromatic carbocycles. The molecule has 0 fully saturated rings. The van der Waals surface area contributed by atoms with Crippen molar-refractivity contribution in [1.29, 1.82) is 0 Å². The van der Waals surface area contributed by atoms with E-state index < -0.39 is 17.7 Å². The highest BCUT2D eigenvalue weighted by atomic mass is 16.6. The number of rotatable bonds is 8. The van der Waals surface area contributed by atoms with Crippen molar-refractivity contribution < 1.29 is 23.8 Å². The first kappa shape index (κ1) is 24.8. The summed E-state index contributed by atoms with van der Waals surface area (Å²) in [6, 6.07) is 8.25. The number of carbonyl (C=O) groups excluding carboxylic acids is 2. The van der Waals surface area contributed by atoms with Crippen molar-refractivity contribution in [2.75, 3.05) is 26.1 Å². The molecule has 0 saturated carbocycles. The quantitative estimate of drug-likeness (QED) is 0.438. The number of nitrogens with one attached hydrogen (secondary N) is 1. The number of methoxy groups -OCH3 is 1. The number of aryl methyl sites for hydroxylation is 2. The van der Waals surface area contributed by atoms with E-state index in [0.29, 0.717) is 12.8 Å². The van der Waals surface area contributed by atoms with Gasteiger partial charge in [0.15, 0.2) is 6.10 Å². The number of aldehydes is 1. The summed E-state index contributed by atoms with van der Waals surface area (Å²) in [6.45, 7) is 8.51. The maximum Gasteiger partial charge on any atom is 0.339 e. The molecule has 0 bridgehead atoms. The summed E-state index contributed by atoms with van der Waals surface area (Å²) in [6.07, 6.45) is 2.71. The van der Waals surface area contributed by atoms with Crippen LogP contribution < -0.4 is 10.1 Å². The fourth-order valence-corrected chi connectivity index (χ4v) is 4.45. The predicted molar refractivity (Wildman–Crippen MR) is 130 cm³/mol. The highest BCUT2D eigenvalue weighted by Crippen LogP contribution is 2.43. The monoisotopic (exact) mass is 453 g/mol. The largest absolute Gasteiger partial charge is 0.493 e. The fourth-order valence-electron chi connectivity index (χ4n) is 4.45. The highest BCUT2D eigenvalue weighted by Gasteiger charge is 2.34. The first-order valence-electron chi connectivity index (χ1n) is 11.5. The van der Waals surface area contributed by atoms with Crippen molar-refractivity contribution in [3.63, 3.8) is 0 Å². The van der Waals surface area contributed by atoms with Crippen LogP contribution in [0.4, 0.5) is 5.69 Å². The molecule has 0 spiro atoms. The lowest BCUT2D eigenvalue weighted by atomic mass is 9.84. The second-order valence-corrected chi connectivity index (χ2v) is 9.37. The first-order valence-corrected chi connectivity index (χ1v) is 11.5. The first-order chi connectivity index (χ1) is 15.7. The van der Waals surface area contributed by atoms with E-state index in [1.54, 1.807) is 0 Å². The number of ether oxygens (including phenoxy) is 3. The number of benzene rings is 2. The van der Waals surface area contributed by atoms with Crippen LogP contribution in [0.2, 0.25) is 0 Å². The summed E-state index contributed by atoms with van der Waals surface area (Å²) in [7, 11) is 3.22. The molecule has 178 valence electrons. The van der Waals surface area contributed by atoms with Gasteiger partial charge >= 0.3 is 5.97 Å². The van der Waals surface area contributed by atoms with Crippen molar-refractivity contribution in [3.8, 4) is 16.9 Å². The van der Waals surface area contributed by atoms with E-state index in [0.717, 1.165) is 70.6 Å². The lowest BCUT2D eigenvalue weighted by Crippen LogP contribution is -2.29. The molecule has 6 heteroatoms. The van der Waals surface area contributed by atoms with Crippen molar-refractivity contribution in [2.24, 2.45) is 0 Å². The Morgan fingerprint density at radius 2 is 2.03 bits per heavy atom. The second kappa shape index (κ2) is 10.4. The zero-order chi connectivity index (χ0) is 24.2. The van der Waals surface area contributed by atoms with Crippen LogP contribution in [-0.2, 0) is 31.9 Å². The Morgan fingerprint density at radius 3 is 2.67 bits per heavy atom. The average Bonchev–Trinajstić information content (AvgIpc) is 2.79. The minimum Gasteiger partial charge on any atom is -0.493 e. The number of anilines is 1. The van der Waals surface area contributed by atoms with E-state index in [-0.39, 0.29) is 0 Å². The van der Waals surface area contributed by atoms with Gasteiger partial charge in [0.25, 0.3) is 0 Å². The van der Waals surface area contributed by atoms with Crippen LogP contribution in [0, 0.1) is 6.92 Å². The van der Waals surface area contributed by atoms with E-state index in [1.807, 2.05) is 46.9 Å². The van der Waals surface area contributed by atoms with E-state index in [2.05, 4.69) is 17.4 Å². The molecule has 0 aromatic heterocycles. The molecule has 6 nitrogen and oxygen atoms in total. The van der Waals surface area contributed by atoms with Gasteiger partial charge in [0.2, 0.25) is 0 Å². The van der Waals surface area contributed by atoms with Crippen molar-refractivity contribution in [3.05, 3.63) is 46.5 Å². The topological polar surface area (TPSA) is 73.9 Å². The molecular weight excluding hydrogens is 418 g/mol. The lowest BCUT2D eigenvalue weighted by Gasteiger charge is -2.31. The van der Waals surface area contributed by atoms with Gasteiger partial charge in [0, 0.05) is 24.7 Å². The Balaban J connectivity index is 2.34. The van der Waals surface area contributed by atoms with Crippen molar-refractivity contribution in [2.45, 2.75) is 65.1 Å². The molecule has 1 aliphatic rings. The average molecular weight is 454 g/mol. The van der Waals surface area contributed by atoms with Gasteiger partial charge in [-0.3, -0.25) is 0 Å². The molecule has 33 heavy (non-hydrogen) atoms. The van der Waals surface area contributed by atoms with Gasteiger partial charge in [-0.25, -0.2) is 4.79 Å². The summed E-state index contributed by atoms with van der Waals surface area (Å²) in [5.74, 6) is 0.445. The predicted octanol–water partition coefficient (Wildman–Crippen LogP) is 5.19. The third-order valence-electron chi connectivity index (χ3n) is 5.80. The minimum atomic E-state index is -0.939. The van der Waals surface area contributed by atoms with E-state index >= 15 is 0 Å². The van der Waals surface area contributed by atoms with Gasteiger partial charge in [0.05, 0.1) is 19.3 Å². The second-order valence-electron chi connectivity index (χ2n) is 9.37. The summed E-state index contributed by atoms with van der Waals surface area (Å²) in [5.41, 5.74) is 6.01. The van der Waals surface area contributed by atoms with Crippen LogP contribution >= 0.6 is 0 Å². The molecule has 1 aliphatic heterocycles. The zero-order valence-corrected chi connectivity index (χ0v) is 20.5. The Morgan fingerprint density at radius 1 is 1.27 bits per heavy atom. The van der Waals surface area contributed by atoms with Crippen LogP contribution in [0.15, 0.2) is 24.3 Å². The molecule has 0 radical (unpaired) electrons. The van der Waals surface area contributed by atoms with Gasteiger partial charge in [-0.15, -0.1) is 0 Å². The van der Waals surface area contributed by atoms with Crippen molar-refractivity contribution in [1.82, 2.24) is 0 Å². The Kier molecular flexibility index (Phi) is 7.80. The Hall–Kier alpha value is -2.86. The van der Waals surface area contributed by atoms with Crippen LogP contribution in [0.3, 0.4) is 0 Å². The Labute approximate surface area is 196 Å². The maximum absolute atomic E-state index is 13.1. The standard InChI is InChI=1S/C27H35NO5/c1-17-15-21(28-5)20(10-7-13-29)24(25(26(30)31-6)33-27(2,3)4)23(17)19-11-12-22-18(16-19)9-8-14-32-22/h11-13,15-16,25,28H,7-10,14H2,1-6H3. The van der Waals surface area contributed by atoms with Gasteiger partial charge in [-0.1, -0.05) is 6.07 Å². The molecule has 1 heterocycles. The van der Waals surface area contributed by atoms with Gasteiger partial charge in [0.1, 0.15) is 12.0 Å². The number of esters is 1. The summed E-state index contributed by atoms with van der Waals surface area (Å²) < 4.78 is 17.3. The highest BCUT2D eigenvalue weighted by molar-refractivity contribution is 5.86. The van der Waals surface area contributed by atoms with Crippen LogP contribution in [0.25, 0.3) is 11.1 Å². The molecule has 3 rings (SSSR count). The molecule has 1 unspecified atom stereocenters. The fraction of sp³-hybridized carbons (Fsp3) is 0.481. The third kappa shape index (κ3) is 5.56. The van der Waals surface area contributed by atoms with Gasteiger partial charge in [-0.2, -0.15) is 0 Å². The molecule has 1 N–H and O–H groups in total. The molecule has 1 atom stereocenters. The van der Waals surface area contributed by atoms with Crippen LogP contribution in [-0.4, -0.2) is 38.6 Å². The summed E-state index contributed by atoms with van der Waals surface area (Å²) in [5, 5.41) is 3.25. The maximum atomic E-state index is 13.1. The zero-order valence-electron chi connectivity index (χ0n) is 20.5. The number of fused-ring (bicyclic) bond motifs is 1. The van der Waals surface area contributed by atoms with Gasteiger partial charge < -0.3 is 24.3 Å². The molecular formula is C27H35NO5. The normalized spacial score (nSPS) is 14.1. The molecule has 0 aliphatic carbocycles. The molecule has 0 amide bonds. The van der Waals surface area contributed by atoms with E-state index in [1.165, 1.54) is 7.11 Å². The van der Waals surface area contributed by atoms with Crippen LogP contribution in [0.5, 0.6) is 5.75 Å². The molecule has 0 saturated heterocycles. The van der Waals surface area contributed by atoms with E-state index in [4.69, 9.17) is 14.2 Å². The number of carbonyl (C=O) groups is 2. The molecule has 2 aromatic rings. The van der Waals surface area contributed by atoms with Crippen LogP contribution in [0.1, 0.15) is 62.0 Å². The SMILES string of the molecule is CNc1cc(C)c(-c2ccc3c(c2)CCCO3)c(C(OC(C)(C)C)C(=O)OC)c1CCC=O. The lowest BCUT2D eigenvalue weighted by molar-refractivity contribution is -0.164. The minimum absolute atomic E-state index is 0.339.